The van der Waals surface area contributed by atoms with Crippen LogP contribution in [0.3, 0.4) is 0 Å². The summed E-state index contributed by atoms with van der Waals surface area (Å²) in [5.41, 5.74) is 2.48. The Bertz CT molecular complexity index is 642. The number of halogens is 1. The van der Waals surface area contributed by atoms with Crippen molar-refractivity contribution in [3.63, 3.8) is 0 Å². The summed E-state index contributed by atoms with van der Waals surface area (Å²) < 4.78 is 0. The largest absolute Gasteiger partial charge is 0.306 e. The Kier molecular flexibility index (Phi) is 3.40. The van der Waals surface area contributed by atoms with Gasteiger partial charge in [0.25, 0.3) is 5.91 Å². The quantitative estimate of drug-likeness (QED) is 0.810. The number of para-hydroxylation sites is 1. The standard InChI is InChI=1S/C15H14ClN3O/c1-10-8-11-4-2-3-5-13(11)19(9-10)15(20)12-6-7-14(16)18-17-12/h2-7,10H,8-9H2,1H3. The van der Waals surface area contributed by atoms with Crippen molar-refractivity contribution in [2.75, 3.05) is 11.4 Å². The molecular formula is C15H14ClN3O. The molecule has 0 bridgehead atoms. The second kappa shape index (κ2) is 5.21. The summed E-state index contributed by atoms with van der Waals surface area (Å²) in [6.07, 6.45) is 0.992. The molecule has 1 atom stereocenters. The summed E-state index contributed by atoms with van der Waals surface area (Å²) in [6.45, 7) is 2.84. The highest BCUT2D eigenvalue weighted by Gasteiger charge is 2.27. The first-order chi connectivity index (χ1) is 9.65. The molecule has 0 spiro atoms. The van der Waals surface area contributed by atoms with E-state index >= 15 is 0 Å². The van der Waals surface area contributed by atoms with E-state index in [2.05, 4.69) is 23.2 Å². The maximum atomic E-state index is 12.6. The first kappa shape index (κ1) is 13.1. The molecular weight excluding hydrogens is 274 g/mol. The summed E-state index contributed by atoms with van der Waals surface area (Å²) in [5, 5.41) is 7.90. The topological polar surface area (TPSA) is 46.1 Å². The van der Waals surface area contributed by atoms with Gasteiger partial charge in [-0.05, 0) is 36.1 Å². The minimum Gasteiger partial charge on any atom is -0.306 e. The highest BCUT2D eigenvalue weighted by atomic mass is 35.5. The fraction of sp³-hybridized carbons (Fsp3) is 0.267. The van der Waals surface area contributed by atoms with E-state index < -0.39 is 0 Å². The second-order valence-electron chi connectivity index (χ2n) is 5.10. The van der Waals surface area contributed by atoms with Crippen LogP contribution in [0, 0.1) is 5.92 Å². The van der Waals surface area contributed by atoms with E-state index in [0.29, 0.717) is 18.2 Å². The van der Waals surface area contributed by atoms with Crippen molar-refractivity contribution >= 4 is 23.2 Å². The number of rotatable bonds is 1. The molecule has 1 aliphatic rings. The monoisotopic (exact) mass is 287 g/mol. The van der Waals surface area contributed by atoms with Crippen LogP contribution >= 0.6 is 11.6 Å². The SMILES string of the molecule is CC1Cc2ccccc2N(C(=O)c2ccc(Cl)nn2)C1. The van der Waals surface area contributed by atoms with E-state index in [1.165, 1.54) is 5.56 Å². The van der Waals surface area contributed by atoms with Crippen LogP contribution in [0.1, 0.15) is 23.0 Å². The van der Waals surface area contributed by atoms with Crippen LogP contribution in [0.4, 0.5) is 5.69 Å². The number of benzene rings is 1. The maximum Gasteiger partial charge on any atom is 0.278 e. The van der Waals surface area contributed by atoms with Gasteiger partial charge < -0.3 is 4.90 Å². The van der Waals surface area contributed by atoms with Gasteiger partial charge in [-0.2, -0.15) is 0 Å². The third-order valence-corrected chi connectivity index (χ3v) is 3.64. The van der Waals surface area contributed by atoms with Gasteiger partial charge in [-0.25, -0.2) is 0 Å². The minimum atomic E-state index is -0.131. The van der Waals surface area contributed by atoms with Crippen LogP contribution in [0.25, 0.3) is 0 Å². The van der Waals surface area contributed by atoms with Crippen molar-refractivity contribution in [2.45, 2.75) is 13.3 Å². The first-order valence-corrected chi connectivity index (χ1v) is 6.92. The molecule has 1 aromatic heterocycles. The molecule has 2 heterocycles. The Morgan fingerprint density at radius 3 is 2.80 bits per heavy atom. The zero-order chi connectivity index (χ0) is 14.1. The Hall–Kier alpha value is -1.94. The van der Waals surface area contributed by atoms with Gasteiger partial charge in [0, 0.05) is 12.2 Å². The number of amides is 1. The van der Waals surface area contributed by atoms with E-state index in [4.69, 9.17) is 11.6 Å². The molecule has 1 amide bonds. The van der Waals surface area contributed by atoms with Crippen LogP contribution in [0.15, 0.2) is 36.4 Å². The molecule has 0 aliphatic carbocycles. The number of carbonyl (C=O) groups excluding carboxylic acids is 1. The highest BCUT2D eigenvalue weighted by Crippen LogP contribution is 2.30. The van der Waals surface area contributed by atoms with Crippen LogP contribution in [0.5, 0.6) is 0 Å². The lowest BCUT2D eigenvalue weighted by molar-refractivity contribution is 0.0975. The Balaban J connectivity index is 1.97. The highest BCUT2D eigenvalue weighted by molar-refractivity contribution is 6.29. The van der Waals surface area contributed by atoms with Gasteiger partial charge in [-0.1, -0.05) is 36.7 Å². The lowest BCUT2D eigenvalue weighted by atomic mass is 9.93. The molecule has 1 unspecified atom stereocenters. The number of hydrogen-bond donors (Lipinski definition) is 0. The number of aromatic nitrogens is 2. The van der Waals surface area contributed by atoms with Gasteiger partial charge >= 0.3 is 0 Å². The third kappa shape index (κ3) is 2.39. The average molecular weight is 288 g/mol. The van der Waals surface area contributed by atoms with Crippen molar-refractivity contribution in [2.24, 2.45) is 5.92 Å². The fourth-order valence-electron chi connectivity index (χ4n) is 2.56. The average Bonchev–Trinajstić information content (AvgIpc) is 2.46. The molecule has 5 heteroatoms. The number of hydrogen-bond acceptors (Lipinski definition) is 3. The smallest absolute Gasteiger partial charge is 0.278 e. The van der Waals surface area contributed by atoms with Crippen molar-refractivity contribution in [1.29, 1.82) is 0 Å². The van der Waals surface area contributed by atoms with E-state index in [0.717, 1.165) is 12.1 Å². The fourth-order valence-corrected chi connectivity index (χ4v) is 2.66. The maximum absolute atomic E-state index is 12.6. The van der Waals surface area contributed by atoms with E-state index in [-0.39, 0.29) is 11.1 Å². The zero-order valence-electron chi connectivity index (χ0n) is 11.1. The molecule has 0 saturated heterocycles. The zero-order valence-corrected chi connectivity index (χ0v) is 11.8. The van der Waals surface area contributed by atoms with E-state index in [9.17, 15) is 4.79 Å². The number of carbonyl (C=O) groups is 1. The molecule has 20 heavy (non-hydrogen) atoms. The van der Waals surface area contributed by atoms with Gasteiger partial charge in [-0.3, -0.25) is 4.79 Å². The predicted molar refractivity (Wildman–Crippen MR) is 78.0 cm³/mol. The van der Waals surface area contributed by atoms with Gasteiger partial charge in [0.2, 0.25) is 0 Å². The lowest BCUT2D eigenvalue weighted by Gasteiger charge is -2.32. The minimum absolute atomic E-state index is 0.131. The van der Waals surface area contributed by atoms with Crippen molar-refractivity contribution in [3.8, 4) is 0 Å². The third-order valence-electron chi connectivity index (χ3n) is 3.44. The van der Waals surface area contributed by atoms with E-state index in [1.807, 2.05) is 18.2 Å². The number of fused-ring (bicyclic) bond motifs is 1. The molecule has 102 valence electrons. The van der Waals surface area contributed by atoms with E-state index in [1.54, 1.807) is 17.0 Å². The molecule has 0 saturated carbocycles. The molecule has 1 aromatic carbocycles. The summed E-state index contributed by atoms with van der Waals surface area (Å²) in [6, 6.07) is 11.2. The van der Waals surface area contributed by atoms with Crippen LogP contribution in [-0.2, 0) is 6.42 Å². The molecule has 2 aromatic rings. The molecule has 3 rings (SSSR count). The summed E-state index contributed by atoms with van der Waals surface area (Å²) in [5.74, 6) is 0.294. The van der Waals surface area contributed by atoms with Gasteiger partial charge in [0.1, 0.15) is 0 Å². The molecule has 4 nitrogen and oxygen atoms in total. The van der Waals surface area contributed by atoms with Crippen molar-refractivity contribution in [1.82, 2.24) is 10.2 Å². The lowest BCUT2D eigenvalue weighted by Crippen LogP contribution is -2.39. The summed E-state index contributed by atoms with van der Waals surface area (Å²) >= 11 is 5.71. The van der Waals surface area contributed by atoms with Gasteiger partial charge in [-0.15, -0.1) is 10.2 Å². The van der Waals surface area contributed by atoms with Crippen molar-refractivity contribution < 1.29 is 4.79 Å². The Labute approximate surface area is 122 Å². The summed E-state index contributed by atoms with van der Waals surface area (Å²) in [7, 11) is 0. The number of nitrogens with zero attached hydrogens (tertiary/aromatic N) is 3. The Morgan fingerprint density at radius 2 is 2.05 bits per heavy atom. The molecule has 0 fully saturated rings. The normalized spacial score (nSPS) is 17.7. The van der Waals surface area contributed by atoms with Gasteiger partial charge in [0.05, 0.1) is 0 Å². The molecule has 0 radical (unpaired) electrons. The van der Waals surface area contributed by atoms with Crippen LogP contribution in [-0.4, -0.2) is 22.6 Å². The predicted octanol–water partition coefficient (Wildman–Crippen LogP) is 2.97. The van der Waals surface area contributed by atoms with Crippen LogP contribution < -0.4 is 4.90 Å². The molecule has 1 aliphatic heterocycles. The van der Waals surface area contributed by atoms with Crippen molar-refractivity contribution in [3.05, 3.63) is 52.8 Å². The summed E-state index contributed by atoms with van der Waals surface area (Å²) in [4.78, 5) is 14.4. The van der Waals surface area contributed by atoms with Crippen LogP contribution in [0.2, 0.25) is 5.15 Å². The second-order valence-corrected chi connectivity index (χ2v) is 5.48. The first-order valence-electron chi connectivity index (χ1n) is 6.54. The Morgan fingerprint density at radius 1 is 1.25 bits per heavy atom. The molecule has 0 N–H and O–H groups in total. The van der Waals surface area contributed by atoms with Gasteiger partial charge in [0.15, 0.2) is 10.8 Å². The number of anilines is 1.